The van der Waals surface area contributed by atoms with E-state index in [1.807, 2.05) is 0 Å². The van der Waals surface area contributed by atoms with Crippen LogP contribution in [0.3, 0.4) is 0 Å². The molecule has 1 aliphatic heterocycles. The van der Waals surface area contributed by atoms with Crippen molar-refractivity contribution in [3.63, 3.8) is 0 Å². The van der Waals surface area contributed by atoms with Crippen molar-refractivity contribution in [3.05, 3.63) is 71.0 Å². The number of aryl methyl sites for hydroxylation is 6. The third-order valence-electron chi connectivity index (χ3n) is 4.71. The molecule has 3 rings (SSSR count). The molecule has 2 nitrogen and oxygen atoms in total. The molecule has 0 saturated carbocycles. The molecule has 2 aromatic carbocycles. The Hall–Kier alpha value is -1.65. The maximum Gasteiger partial charge on any atom is 2.00 e. The van der Waals surface area contributed by atoms with Gasteiger partial charge in [-0.1, -0.05) is 35.4 Å². The van der Waals surface area contributed by atoms with E-state index in [1.165, 1.54) is 44.8 Å². The molecule has 0 bridgehead atoms. The fourth-order valence-electron chi connectivity index (χ4n) is 4.09. The molecule has 0 aliphatic carbocycles. The minimum Gasteiger partial charge on any atom is -0.502 e. The number of halogens is 3. The summed E-state index contributed by atoms with van der Waals surface area (Å²) in [5.41, 5.74) is 10.8. The molecule has 1 heterocycles. The molecule has 6 heteroatoms. The van der Waals surface area contributed by atoms with Crippen LogP contribution in [0.25, 0.3) is 0 Å². The molecule has 1 fully saturated rings. The Kier molecular flexibility index (Phi) is 8.90. The van der Waals surface area contributed by atoms with Gasteiger partial charge in [0, 0.05) is 24.5 Å². The molecule has 0 spiro atoms. The zero-order valence-corrected chi connectivity index (χ0v) is 18.1. The van der Waals surface area contributed by atoms with E-state index < -0.39 is 6.68 Å². The van der Waals surface area contributed by atoms with Gasteiger partial charge in [0.2, 0.25) is 0 Å². The van der Waals surface area contributed by atoms with Gasteiger partial charge in [0.25, 0.3) is 0 Å². The summed E-state index contributed by atoms with van der Waals surface area (Å²) in [6.45, 7) is 14.5. The van der Waals surface area contributed by atoms with Crippen molar-refractivity contribution in [2.75, 3.05) is 22.9 Å². The summed E-state index contributed by atoms with van der Waals surface area (Å²) in [5.74, 6) is 0. The SMILES string of the molecule is Cc1cc(C)c(N2[CH-]N(c3c(C)cc(C)cc3C)CC2)c(C)c1.F[C-](F)F.[Cu+2]. The van der Waals surface area contributed by atoms with Crippen LogP contribution in [0.15, 0.2) is 24.3 Å². The van der Waals surface area contributed by atoms with Crippen molar-refractivity contribution in [2.45, 2.75) is 41.5 Å². The Labute approximate surface area is 177 Å². The van der Waals surface area contributed by atoms with Gasteiger partial charge in [-0.05, 0) is 63.8 Å². The summed E-state index contributed by atoms with van der Waals surface area (Å²) >= 11 is 0. The smallest absolute Gasteiger partial charge is 0.502 e. The first-order valence-electron chi connectivity index (χ1n) is 8.97. The second kappa shape index (κ2) is 10.2. The van der Waals surface area contributed by atoms with Gasteiger partial charge in [0.15, 0.2) is 6.68 Å². The number of anilines is 2. The van der Waals surface area contributed by atoms with E-state index in [2.05, 4.69) is 82.3 Å². The molecule has 1 saturated heterocycles. The minimum absolute atomic E-state index is 0. The third-order valence-corrected chi connectivity index (χ3v) is 4.71. The summed E-state index contributed by atoms with van der Waals surface area (Å²) in [4.78, 5) is 4.81. The van der Waals surface area contributed by atoms with Gasteiger partial charge < -0.3 is 23.0 Å². The van der Waals surface area contributed by atoms with E-state index >= 15 is 0 Å². The molecule has 1 aliphatic rings. The first kappa shape index (κ1) is 24.4. The summed E-state index contributed by atoms with van der Waals surface area (Å²) in [5, 5.41) is 0. The summed E-state index contributed by atoms with van der Waals surface area (Å²) in [7, 11) is 0. The number of rotatable bonds is 2. The van der Waals surface area contributed by atoms with Gasteiger partial charge in [-0.2, -0.15) is 6.67 Å². The second-order valence-corrected chi connectivity index (χ2v) is 7.21. The molecule has 0 atom stereocenters. The molecule has 157 valence electrons. The first-order valence-corrected chi connectivity index (χ1v) is 8.97. The van der Waals surface area contributed by atoms with Crippen LogP contribution in [0.2, 0.25) is 0 Å². The normalized spacial score (nSPS) is 13.4. The van der Waals surface area contributed by atoms with Gasteiger partial charge in [0.1, 0.15) is 0 Å². The van der Waals surface area contributed by atoms with E-state index in [4.69, 9.17) is 0 Å². The van der Waals surface area contributed by atoms with E-state index in [1.54, 1.807) is 0 Å². The van der Waals surface area contributed by atoms with Crippen LogP contribution >= 0.6 is 0 Å². The van der Waals surface area contributed by atoms with Crippen molar-refractivity contribution >= 4 is 11.4 Å². The molecular formula is C22H27CuF3N2. The Morgan fingerprint density at radius 3 is 1.18 bits per heavy atom. The fourth-order valence-corrected chi connectivity index (χ4v) is 4.09. The van der Waals surface area contributed by atoms with Gasteiger partial charge >= 0.3 is 17.1 Å². The molecule has 0 aromatic heterocycles. The van der Waals surface area contributed by atoms with E-state index in [-0.39, 0.29) is 17.1 Å². The Morgan fingerprint density at radius 1 is 0.679 bits per heavy atom. The Morgan fingerprint density at radius 2 is 0.929 bits per heavy atom. The Balaban J connectivity index is 0.000000717. The van der Waals surface area contributed by atoms with Crippen molar-refractivity contribution in [1.29, 1.82) is 0 Å². The van der Waals surface area contributed by atoms with Gasteiger partial charge in [-0.25, -0.2) is 0 Å². The zero-order chi connectivity index (χ0) is 20.3. The van der Waals surface area contributed by atoms with Gasteiger partial charge in [0.05, 0.1) is 0 Å². The fraction of sp³-hybridized carbons (Fsp3) is 0.364. The third kappa shape index (κ3) is 5.92. The van der Waals surface area contributed by atoms with Crippen molar-refractivity contribution in [1.82, 2.24) is 0 Å². The maximum absolute atomic E-state index is 9.58. The van der Waals surface area contributed by atoms with Crippen LogP contribution in [0.4, 0.5) is 24.5 Å². The first-order chi connectivity index (χ1) is 12.6. The average Bonchev–Trinajstić information content (AvgIpc) is 2.93. The van der Waals surface area contributed by atoms with E-state index in [0.29, 0.717) is 0 Å². The number of hydrogen-bond donors (Lipinski definition) is 0. The minimum atomic E-state index is -3.08. The summed E-state index contributed by atoms with van der Waals surface area (Å²) in [6.07, 6.45) is 0. The predicted molar refractivity (Wildman–Crippen MR) is 107 cm³/mol. The molecule has 0 amide bonds. The van der Waals surface area contributed by atoms with Crippen LogP contribution in [0.5, 0.6) is 0 Å². The molecule has 0 unspecified atom stereocenters. The van der Waals surface area contributed by atoms with Crippen molar-refractivity contribution in [2.24, 2.45) is 0 Å². The second-order valence-electron chi connectivity index (χ2n) is 7.21. The standard InChI is InChI=1S/C21H27N2.CF3.Cu/c1-14-9-16(3)20(17(4)10-14)22-7-8-23(13-22)21-18(5)11-15(2)12-19(21)6;2-1(3)4;/h9-13H,7-8H2,1-6H3;;/q2*-1;+2. The summed E-state index contributed by atoms with van der Waals surface area (Å²) in [6, 6.07) is 9.12. The zero-order valence-electron chi connectivity index (χ0n) is 17.1. The number of hydrogen-bond acceptors (Lipinski definition) is 2. The van der Waals surface area contributed by atoms with Gasteiger partial charge in [-0.15, -0.1) is 0 Å². The predicted octanol–water partition coefficient (Wildman–Crippen LogP) is 6.32. The quantitative estimate of drug-likeness (QED) is 0.399. The summed E-state index contributed by atoms with van der Waals surface area (Å²) < 4.78 is 28.8. The average molecular weight is 440 g/mol. The van der Waals surface area contributed by atoms with E-state index in [9.17, 15) is 13.2 Å². The van der Waals surface area contributed by atoms with Crippen LogP contribution in [0.1, 0.15) is 33.4 Å². The molecule has 28 heavy (non-hydrogen) atoms. The number of benzene rings is 2. The van der Waals surface area contributed by atoms with Gasteiger partial charge in [-0.3, -0.25) is 0 Å². The van der Waals surface area contributed by atoms with Crippen LogP contribution in [0, 0.1) is 54.9 Å². The largest absolute Gasteiger partial charge is 2.00 e. The number of nitrogens with zero attached hydrogens (tertiary/aromatic N) is 2. The van der Waals surface area contributed by atoms with Crippen molar-refractivity contribution in [3.8, 4) is 0 Å². The van der Waals surface area contributed by atoms with E-state index in [0.717, 1.165) is 13.1 Å². The topological polar surface area (TPSA) is 6.48 Å². The van der Waals surface area contributed by atoms with Crippen molar-refractivity contribution < 1.29 is 30.2 Å². The maximum atomic E-state index is 9.58. The van der Waals surface area contributed by atoms with Crippen LogP contribution < -0.4 is 9.80 Å². The van der Waals surface area contributed by atoms with Crippen LogP contribution in [-0.4, -0.2) is 13.1 Å². The Bertz CT molecular complexity index is 696. The monoisotopic (exact) mass is 439 g/mol. The molecule has 0 N–H and O–H groups in total. The molecule has 2 aromatic rings. The van der Waals surface area contributed by atoms with Crippen LogP contribution in [-0.2, 0) is 17.1 Å². The molecule has 1 radical (unpaired) electrons. The molecular weight excluding hydrogens is 413 g/mol.